The molecule has 0 saturated heterocycles. The van der Waals surface area contributed by atoms with Crippen molar-refractivity contribution in [3.63, 3.8) is 0 Å². The molecule has 1 aromatic heterocycles. The molecule has 0 aliphatic heterocycles. The molecule has 1 aromatic carbocycles. The van der Waals surface area contributed by atoms with E-state index in [4.69, 9.17) is 4.74 Å². The van der Waals surface area contributed by atoms with Crippen LogP contribution in [0.5, 0.6) is 5.75 Å². The van der Waals surface area contributed by atoms with Crippen LogP contribution in [0.4, 0.5) is 17.6 Å². The van der Waals surface area contributed by atoms with Crippen LogP contribution in [0, 0.1) is 23.3 Å². The number of hydrazone groups is 1. The van der Waals surface area contributed by atoms with Gasteiger partial charge in [-0.05, 0) is 19.9 Å². The zero-order valence-electron chi connectivity index (χ0n) is 12.6. The lowest BCUT2D eigenvalue weighted by atomic mass is 10.3. The molecule has 0 bridgehead atoms. The van der Waals surface area contributed by atoms with Crippen LogP contribution in [0.3, 0.4) is 0 Å². The number of halogens is 4. The van der Waals surface area contributed by atoms with Crippen LogP contribution in [0.2, 0.25) is 0 Å². The Bertz CT molecular complexity index is 774. The van der Waals surface area contributed by atoms with E-state index in [-0.39, 0.29) is 11.8 Å². The Morgan fingerprint density at radius 1 is 1.25 bits per heavy atom. The van der Waals surface area contributed by atoms with E-state index in [2.05, 4.69) is 15.6 Å². The molecule has 2 rings (SSSR count). The summed E-state index contributed by atoms with van der Waals surface area (Å²) in [6.07, 6.45) is 1.28. The third kappa shape index (κ3) is 3.89. The summed E-state index contributed by atoms with van der Waals surface area (Å²) in [5.74, 6) is -8.31. The fraction of sp³-hybridized carbons (Fsp3) is 0.214. The molecule has 128 valence electrons. The van der Waals surface area contributed by atoms with Crippen LogP contribution in [0.1, 0.15) is 24.3 Å². The Kier molecular flexibility index (Phi) is 5.17. The maximum atomic E-state index is 13.4. The quantitative estimate of drug-likeness (QED) is 0.392. The first-order chi connectivity index (χ1) is 11.3. The number of amides is 1. The van der Waals surface area contributed by atoms with Gasteiger partial charge in [0.2, 0.25) is 11.6 Å². The molecule has 1 amide bonds. The van der Waals surface area contributed by atoms with Crippen LogP contribution in [0.25, 0.3) is 0 Å². The van der Waals surface area contributed by atoms with E-state index in [1.807, 2.05) is 0 Å². The van der Waals surface area contributed by atoms with E-state index in [9.17, 15) is 22.4 Å². The van der Waals surface area contributed by atoms with Gasteiger partial charge in [0.1, 0.15) is 0 Å². The van der Waals surface area contributed by atoms with Crippen LogP contribution in [-0.4, -0.2) is 21.4 Å². The van der Waals surface area contributed by atoms with Gasteiger partial charge in [-0.2, -0.15) is 19.0 Å². The molecule has 6 nitrogen and oxygen atoms in total. The number of carbonyl (C=O) groups is 1. The second-order valence-electron chi connectivity index (χ2n) is 4.81. The minimum Gasteiger partial charge on any atom is -0.465 e. The maximum absolute atomic E-state index is 13.4. The van der Waals surface area contributed by atoms with Crippen molar-refractivity contribution in [2.75, 3.05) is 0 Å². The Labute approximate surface area is 133 Å². The number of aromatic nitrogens is 2. The van der Waals surface area contributed by atoms with Gasteiger partial charge in [0.25, 0.3) is 5.91 Å². The summed E-state index contributed by atoms with van der Waals surface area (Å²) in [5, 5.41) is 7.49. The van der Waals surface area contributed by atoms with Gasteiger partial charge in [0, 0.05) is 18.0 Å². The lowest BCUT2D eigenvalue weighted by Crippen LogP contribution is -2.19. The highest BCUT2D eigenvalue weighted by atomic mass is 19.2. The smallest absolute Gasteiger partial charge is 0.291 e. The standard InChI is InChI=1S/C14H12F4N4O2/c1-7(2)19-20-14(23)10-3-4-22(21-10)6-24-13-11(17)8(15)5-9(16)12(13)18/h3-5H,6H2,1-2H3,(H,20,23). The van der Waals surface area contributed by atoms with Crippen molar-refractivity contribution >= 4 is 11.6 Å². The number of carbonyl (C=O) groups excluding carboxylic acids is 1. The second kappa shape index (κ2) is 7.11. The Balaban J connectivity index is 2.09. The topological polar surface area (TPSA) is 68.5 Å². The summed E-state index contributed by atoms with van der Waals surface area (Å²) in [4.78, 5) is 11.7. The van der Waals surface area contributed by atoms with Crippen molar-refractivity contribution in [3.05, 3.63) is 47.3 Å². The first-order valence-corrected chi connectivity index (χ1v) is 6.60. The van der Waals surface area contributed by atoms with E-state index in [1.54, 1.807) is 13.8 Å². The van der Waals surface area contributed by atoms with Gasteiger partial charge in [-0.3, -0.25) is 4.79 Å². The maximum Gasteiger partial charge on any atom is 0.291 e. The number of nitrogens with zero attached hydrogens (tertiary/aromatic N) is 3. The molecule has 1 N–H and O–H groups in total. The lowest BCUT2D eigenvalue weighted by molar-refractivity contribution is 0.0947. The fourth-order valence-corrected chi connectivity index (χ4v) is 1.58. The van der Waals surface area contributed by atoms with E-state index in [0.29, 0.717) is 5.71 Å². The predicted molar refractivity (Wildman–Crippen MR) is 75.4 cm³/mol. The second-order valence-corrected chi connectivity index (χ2v) is 4.81. The minimum atomic E-state index is -1.66. The molecule has 24 heavy (non-hydrogen) atoms. The number of ether oxygens (including phenoxy) is 1. The van der Waals surface area contributed by atoms with Gasteiger partial charge in [-0.15, -0.1) is 0 Å². The van der Waals surface area contributed by atoms with Gasteiger partial charge in [-0.25, -0.2) is 18.9 Å². The van der Waals surface area contributed by atoms with Gasteiger partial charge in [-0.1, -0.05) is 0 Å². The molecule has 0 radical (unpaired) electrons. The third-order valence-electron chi connectivity index (χ3n) is 2.67. The van der Waals surface area contributed by atoms with E-state index in [0.717, 1.165) is 4.68 Å². The minimum absolute atomic E-state index is 0.0324. The summed E-state index contributed by atoms with van der Waals surface area (Å²) in [5.41, 5.74) is 2.82. The first kappa shape index (κ1) is 17.4. The van der Waals surface area contributed by atoms with Crippen molar-refractivity contribution in [1.82, 2.24) is 15.2 Å². The SMILES string of the molecule is CC(C)=NNC(=O)c1ccn(COc2c(F)c(F)cc(F)c2F)n1. The lowest BCUT2D eigenvalue weighted by Gasteiger charge is -2.09. The van der Waals surface area contributed by atoms with Crippen LogP contribution in [-0.2, 0) is 6.73 Å². The summed E-state index contributed by atoms with van der Waals surface area (Å²) >= 11 is 0. The van der Waals surface area contributed by atoms with Crippen molar-refractivity contribution in [2.45, 2.75) is 20.6 Å². The molecule has 0 fully saturated rings. The molecular formula is C14H12F4N4O2. The van der Waals surface area contributed by atoms with Crippen LogP contribution >= 0.6 is 0 Å². The van der Waals surface area contributed by atoms with Crippen molar-refractivity contribution in [2.24, 2.45) is 5.10 Å². The summed E-state index contributed by atoms with van der Waals surface area (Å²) in [7, 11) is 0. The molecule has 0 atom stereocenters. The van der Waals surface area contributed by atoms with Gasteiger partial charge < -0.3 is 4.74 Å². The van der Waals surface area contributed by atoms with E-state index in [1.165, 1.54) is 12.3 Å². The largest absolute Gasteiger partial charge is 0.465 e. The summed E-state index contributed by atoms with van der Waals surface area (Å²) in [6.45, 7) is 2.78. The van der Waals surface area contributed by atoms with Crippen molar-refractivity contribution in [3.8, 4) is 5.75 Å². The highest BCUT2D eigenvalue weighted by Gasteiger charge is 2.21. The molecule has 0 aliphatic carbocycles. The number of rotatable bonds is 5. The highest BCUT2D eigenvalue weighted by molar-refractivity contribution is 5.93. The fourth-order valence-electron chi connectivity index (χ4n) is 1.58. The van der Waals surface area contributed by atoms with Gasteiger partial charge in [0.15, 0.2) is 29.8 Å². The number of hydrogen-bond acceptors (Lipinski definition) is 4. The monoisotopic (exact) mass is 344 g/mol. The molecule has 2 aromatic rings. The van der Waals surface area contributed by atoms with Gasteiger partial charge in [0.05, 0.1) is 0 Å². The number of benzene rings is 1. The third-order valence-corrected chi connectivity index (χ3v) is 2.67. The average molecular weight is 344 g/mol. The van der Waals surface area contributed by atoms with E-state index >= 15 is 0 Å². The summed E-state index contributed by atoms with van der Waals surface area (Å²) < 4.78 is 58.7. The molecule has 1 heterocycles. The molecule has 0 unspecified atom stereocenters. The zero-order valence-corrected chi connectivity index (χ0v) is 12.6. The molecule has 0 spiro atoms. The Morgan fingerprint density at radius 3 is 2.46 bits per heavy atom. The van der Waals surface area contributed by atoms with Crippen LogP contribution in [0.15, 0.2) is 23.4 Å². The normalized spacial score (nSPS) is 10.4. The van der Waals surface area contributed by atoms with Crippen molar-refractivity contribution in [1.29, 1.82) is 0 Å². The number of hydrogen-bond donors (Lipinski definition) is 1. The molecule has 10 heteroatoms. The Hall–Kier alpha value is -2.91. The predicted octanol–water partition coefficient (Wildman–Crippen LogP) is 2.60. The molecule has 0 saturated carbocycles. The summed E-state index contributed by atoms with van der Waals surface area (Å²) in [6, 6.07) is 1.38. The average Bonchev–Trinajstić information content (AvgIpc) is 2.99. The molecular weight excluding hydrogens is 332 g/mol. The number of nitrogens with one attached hydrogen (secondary N) is 1. The van der Waals surface area contributed by atoms with Crippen LogP contribution < -0.4 is 10.2 Å². The van der Waals surface area contributed by atoms with E-state index < -0.39 is 41.7 Å². The first-order valence-electron chi connectivity index (χ1n) is 6.60. The van der Waals surface area contributed by atoms with Crippen molar-refractivity contribution < 1.29 is 27.1 Å². The molecule has 0 aliphatic rings. The highest BCUT2D eigenvalue weighted by Crippen LogP contribution is 2.26. The zero-order chi connectivity index (χ0) is 17.9. The van der Waals surface area contributed by atoms with Gasteiger partial charge >= 0.3 is 0 Å². The Morgan fingerprint density at radius 2 is 1.88 bits per heavy atom.